The molecule has 1 amide bonds. The monoisotopic (exact) mass is 248 g/mol. The molecule has 1 saturated carbocycles. The van der Waals surface area contributed by atoms with Crippen molar-refractivity contribution in [3.8, 4) is 0 Å². The maximum Gasteiger partial charge on any atom is 0.249 e. The fraction of sp³-hybridized carbons (Fsp3) is 0.909. The first-order valence-corrected chi connectivity index (χ1v) is 5.85. The third kappa shape index (κ3) is 3.09. The van der Waals surface area contributed by atoms with Crippen molar-refractivity contribution in [2.24, 2.45) is 11.7 Å². The number of ether oxygens (including phenoxy) is 1. The Morgan fingerprint density at radius 1 is 1.44 bits per heavy atom. The molecular formula is C11H21ClN2O2. The lowest BCUT2D eigenvalue weighted by Crippen LogP contribution is -2.47. The smallest absolute Gasteiger partial charge is 0.249 e. The molecule has 0 aromatic carbocycles. The lowest BCUT2D eigenvalue weighted by atomic mass is 9.82. The molecule has 0 spiro atoms. The molecule has 0 radical (unpaired) electrons. The molecule has 3 N–H and O–H groups in total. The molecule has 0 aromatic rings. The summed E-state index contributed by atoms with van der Waals surface area (Å²) in [5.41, 5.74) is 5.50. The van der Waals surface area contributed by atoms with E-state index < -0.39 is 0 Å². The van der Waals surface area contributed by atoms with Gasteiger partial charge in [-0.15, -0.1) is 12.4 Å². The second-order valence-electron chi connectivity index (χ2n) is 4.84. The maximum atomic E-state index is 11.7. The van der Waals surface area contributed by atoms with E-state index in [4.69, 9.17) is 10.5 Å². The summed E-state index contributed by atoms with van der Waals surface area (Å²) in [5, 5.41) is 3.03. The predicted molar refractivity (Wildman–Crippen MR) is 64.5 cm³/mol. The molecule has 2 atom stereocenters. The van der Waals surface area contributed by atoms with E-state index in [0.29, 0.717) is 12.6 Å². The Morgan fingerprint density at radius 3 is 2.62 bits per heavy atom. The third-order valence-electron chi connectivity index (χ3n) is 3.38. The number of nitrogens with two attached hydrogens (primary N) is 1. The largest absolute Gasteiger partial charge is 0.364 e. The van der Waals surface area contributed by atoms with Crippen molar-refractivity contribution in [1.82, 2.24) is 5.32 Å². The highest BCUT2D eigenvalue weighted by Crippen LogP contribution is 2.27. The lowest BCUT2D eigenvalue weighted by molar-refractivity contribution is -0.133. The molecule has 0 unspecified atom stereocenters. The van der Waals surface area contributed by atoms with Crippen molar-refractivity contribution < 1.29 is 9.53 Å². The molecule has 2 aliphatic rings. The molecule has 4 nitrogen and oxygen atoms in total. The summed E-state index contributed by atoms with van der Waals surface area (Å²) in [5.74, 6) is 0.819. The molecule has 5 heteroatoms. The van der Waals surface area contributed by atoms with E-state index in [1.54, 1.807) is 0 Å². The number of halogens is 1. The second kappa shape index (κ2) is 5.84. The minimum Gasteiger partial charge on any atom is -0.364 e. The van der Waals surface area contributed by atoms with E-state index in [1.807, 2.05) is 0 Å². The molecule has 1 heterocycles. The van der Waals surface area contributed by atoms with Crippen LogP contribution >= 0.6 is 12.4 Å². The molecule has 1 aliphatic heterocycles. The van der Waals surface area contributed by atoms with Crippen LogP contribution in [0.3, 0.4) is 0 Å². The number of amides is 1. The fourth-order valence-corrected chi connectivity index (χ4v) is 2.39. The van der Waals surface area contributed by atoms with Crippen LogP contribution in [0.2, 0.25) is 0 Å². The molecular weight excluding hydrogens is 228 g/mol. The molecule has 94 valence electrons. The van der Waals surface area contributed by atoms with Crippen LogP contribution in [-0.4, -0.2) is 30.7 Å². The maximum absolute atomic E-state index is 11.7. The number of rotatable bonds is 3. The normalized spacial score (nSPS) is 37.4. The van der Waals surface area contributed by atoms with Crippen LogP contribution in [0.5, 0.6) is 0 Å². The summed E-state index contributed by atoms with van der Waals surface area (Å²) in [4.78, 5) is 11.7. The van der Waals surface area contributed by atoms with E-state index in [0.717, 1.165) is 31.6 Å². The summed E-state index contributed by atoms with van der Waals surface area (Å²) in [6, 6.07) is 0.382. The Kier molecular flexibility index (Phi) is 5.02. The summed E-state index contributed by atoms with van der Waals surface area (Å²) >= 11 is 0. The van der Waals surface area contributed by atoms with Crippen molar-refractivity contribution in [3.63, 3.8) is 0 Å². The van der Waals surface area contributed by atoms with Gasteiger partial charge in [-0.25, -0.2) is 0 Å². The van der Waals surface area contributed by atoms with Crippen LogP contribution in [0.4, 0.5) is 0 Å². The Bertz CT molecular complexity index is 244. The summed E-state index contributed by atoms with van der Waals surface area (Å²) < 4.78 is 5.53. The van der Waals surface area contributed by atoms with Gasteiger partial charge >= 0.3 is 0 Å². The van der Waals surface area contributed by atoms with E-state index in [2.05, 4.69) is 12.2 Å². The van der Waals surface area contributed by atoms with Crippen molar-refractivity contribution in [2.75, 3.05) is 6.54 Å². The second-order valence-corrected chi connectivity index (χ2v) is 4.84. The third-order valence-corrected chi connectivity index (χ3v) is 3.38. The number of carbonyl (C=O) groups excluding carboxylic acids is 1. The van der Waals surface area contributed by atoms with Gasteiger partial charge in [0.2, 0.25) is 5.91 Å². The molecule has 2 rings (SSSR count). The molecule has 1 saturated heterocycles. The van der Waals surface area contributed by atoms with Crippen LogP contribution in [0.15, 0.2) is 0 Å². The average Bonchev–Trinajstić information content (AvgIpc) is 2.63. The van der Waals surface area contributed by atoms with Crippen LogP contribution < -0.4 is 11.1 Å². The number of hydrogen-bond acceptors (Lipinski definition) is 3. The molecule has 2 fully saturated rings. The molecule has 1 aliphatic carbocycles. The van der Waals surface area contributed by atoms with Crippen molar-refractivity contribution >= 4 is 18.3 Å². The summed E-state index contributed by atoms with van der Waals surface area (Å²) in [6.45, 7) is 2.73. The van der Waals surface area contributed by atoms with E-state index in [1.165, 1.54) is 0 Å². The zero-order valence-corrected chi connectivity index (χ0v) is 10.5. The van der Waals surface area contributed by atoms with Gasteiger partial charge in [0.1, 0.15) is 6.10 Å². The van der Waals surface area contributed by atoms with Gasteiger partial charge in [0.15, 0.2) is 0 Å². The van der Waals surface area contributed by atoms with Crippen LogP contribution in [0.1, 0.15) is 32.6 Å². The minimum absolute atomic E-state index is 0. The van der Waals surface area contributed by atoms with Crippen LogP contribution in [-0.2, 0) is 9.53 Å². The van der Waals surface area contributed by atoms with Gasteiger partial charge in [0.25, 0.3) is 0 Å². The minimum atomic E-state index is -0.255. The standard InChI is InChI=1S/C11H20N2O2.ClH/c1-7-4-8(5-7)13-11(14)10-3-2-9(6-12)15-10;/h7-10H,2-6,12H2,1H3,(H,13,14);1H/t7?,8?,9-,10+;/m1./s1. The molecule has 16 heavy (non-hydrogen) atoms. The summed E-state index contributed by atoms with van der Waals surface area (Å²) in [6.07, 6.45) is 3.78. The highest BCUT2D eigenvalue weighted by Gasteiger charge is 2.33. The van der Waals surface area contributed by atoms with Crippen molar-refractivity contribution in [1.29, 1.82) is 0 Å². The highest BCUT2D eigenvalue weighted by atomic mass is 35.5. The van der Waals surface area contributed by atoms with Gasteiger partial charge in [-0.2, -0.15) is 0 Å². The predicted octanol–water partition coefficient (Wildman–Crippen LogP) is 0.829. The Hall–Kier alpha value is -0.320. The van der Waals surface area contributed by atoms with E-state index in [9.17, 15) is 4.79 Å². The number of nitrogens with one attached hydrogen (secondary N) is 1. The van der Waals surface area contributed by atoms with Crippen molar-refractivity contribution in [3.05, 3.63) is 0 Å². The number of hydrogen-bond donors (Lipinski definition) is 2. The van der Waals surface area contributed by atoms with Gasteiger partial charge in [0.05, 0.1) is 6.10 Å². The average molecular weight is 249 g/mol. The highest BCUT2D eigenvalue weighted by molar-refractivity contribution is 5.85. The summed E-state index contributed by atoms with van der Waals surface area (Å²) in [7, 11) is 0. The first-order valence-electron chi connectivity index (χ1n) is 5.85. The van der Waals surface area contributed by atoms with Crippen molar-refractivity contribution in [2.45, 2.75) is 50.9 Å². The first kappa shape index (κ1) is 13.7. The topological polar surface area (TPSA) is 64.4 Å². The Labute approximate surface area is 103 Å². The zero-order chi connectivity index (χ0) is 10.8. The van der Waals surface area contributed by atoms with Gasteiger partial charge in [-0.05, 0) is 31.6 Å². The van der Waals surface area contributed by atoms with Gasteiger partial charge in [-0.1, -0.05) is 6.92 Å². The fourth-order valence-electron chi connectivity index (χ4n) is 2.39. The molecule has 0 aromatic heterocycles. The quantitative estimate of drug-likeness (QED) is 0.778. The van der Waals surface area contributed by atoms with Crippen LogP contribution in [0.25, 0.3) is 0 Å². The lowest BCUT2D eigenvalue weighted by Gasteiger charge is -2.33. The zero-order valence-electron chi connectivity index (χ0n) is 9.65. The van der Waals surface area contributed by atoms with E-state index in [-0.39, 0.29) is 30.5 Å². The van der Waals surface area contributed by atoms with Crippen LogP contribution in [0, 0.1) is 5.92 Å². The van der Waals surface area contributed by atoms with E-state index >= 15 is 0 Å². The SMILES string of the molecule is CC1CC(NC(=O)[C@@H]2CC[C@H](CN)O2)C1.Cl. The van der Waals surface area contributed by atoms with Gasteiger partial charge in [-0.3, -0.25) is 4.79 Å². The van der Waals surface area contributed by atoms with Gasteiger partial charge in [0, 0.05) is 12.6 Å². The molecule has 0 bridgehead atoms. The van der Waals surface area contributed by atoms with Gasteiger partial charge < -0.3 is 15.8 Å². The Morgan fingerprint density at radius 2 is 2.12 bits per heavy atom. The Balaban J connectivity index is 0.00000128. The number of carbonyl (C=O) groups is 1. The first-order chi connectivity index (χ1) is 7.19.